The molecule has 0 aromatic heterocycles. The van der Waals surface area contributed by atoms with Crippen molar-refractivity contribution in [1.29, 1.82) is 0 Å². The van der Waals surface area contributed by atoms with E-state index in [-0.39, 0.29) is 0 Å². The summed E-state index contributed by atoms with van der Waals surface area (Å²) in [6.07, 6.45) is 0. The molecule has 0 atom stereocenters. The molecule has 0 spiro atoms. The summed E-state index contributed by atoms with van der Waals surface area (Å²) in [6, 6.07) is 8.92. The predicted octanol–water partition coefficient (Wildman–Crippen LogP) is -1.09. The van der Waals surface area contributed by atoms with E-state index in [2.05, 4.69) is 38.2 Å². The van der Waals surface area contributed by atoms with E-state index in [4.69, 9.17) is 0 Å². The van der Waals surface area contributed by atoms with Crippen molar-refractivity contribution in [3.63, 3.8) is 0 Å². The van der Waals surface area contributed by atoms with Gasteiger partial charge in [0.15, 0.2) is 0 Å². The lowest BCUT2D eigenvalue weighted by Crippen LogP contribution is -3.26. The SMILES string of the molecule is Cc1cccc(C[NH+]2CC[NH+](C)CC2)c1. The van der Waals surface area contributed by atoms with E-state index < -0.39 is 0 Å². The topological polar surface area (TPSA) is 8.88 Å². The Balaban J connectivity index is 1.92. The van der Waals surface area contributed by atoms with Gasteiger partial charge in [-0.1, -0.05) is 29.8 Å². The lowest BCUT2D eigenvalue weighted by Gasteiger charge is -2.27. The Hall–Kier alpha value is -0.860. The molecule has 1 saturated heterocycles. The van der Waals surface area contributed by atoms with Gasteiger partial charge in [-0.05, 0) is 6.92 Å². The Labute approximate surface area is 92.5 Å². The Morgan fingerprint density at radius 2 is 1.87 bits per heavy atom. The van der Waals surface area contributed by atoms with Crippen molar-refractivity contribution in [2.24, 2.45) is 0 Å². The molecule has 0 amide bonds. The fraction of sp³-hybridized carbons (Fsp3) is 0.538. The van der Waals surface area contributed by atoms with Gasteiger partial charge in [0.25, 0.3) is 0 Å². The molecule has 2 N–H and O–H groups in total. The summed E-state index contributed by atoms with van der Waals surface area (Å²) in [7, 11) is 2.30. The molecule has 82 valence electrons. The second kappa shape index (κ2) is 4.77. The molecule has 1 aliphatic heterocycles. The molecule has 0 bridgehead atoms. The number of hydrogen-bond donors (Lipinski definition) is 2. The zero-order chi connectivity index (χ0) is 10.7. The van der Waals surface area contributed by atoms with E-state index in [1.54, 1.807) is 9.80 Å². The first-order valence-corrected chi connectivity index (χ1v) is 5.94. The summed E-state index contributed by atoms with van der Waals surface area (Å²) in [6.45, 7) is 8.66. The van der Waals surface area contributed by atoms with Crippen molar-refractivity contribution in [2.75, 3.05) is 33.2 Å². The number of rotatable bonds is 2. The molecular weight excluding hydrogens is 184 g/mol. The Morgan fingerprint density at radius 1 is 1.13 bits per heavy atom. The highest BCUT2D eigenvalue weighted by Gasteiger charge is 2.19. The Morgan fingerprint density at radius 3 is 2.53 bits per heavy atom. The van der Waals surface area contributed by atoms with Crippen LogP contribution in [0, 0.1) is 6.92 Å². The number of quaternary nitrogens is 2. The normalized spacial score (nSPS) is 26.5. The third-order valence-corrected chi connectivity index (χ3v) is 3.35. The minimum Gasteiger partial charge on any atom is -0.328 e. The summed E-state index contributed by atoms with van der Waals surface area (Å²) in [5.74, 6) is 0. The lowest BCUT2D eigenvalue weighted by atomic mass is 10.1. The van der Waals surface area contributed by atoms with Gasteiger partial charge in [0.1, 0.15) is 32.7 Å². The first-order valence-electron chi connectivity index (χ1n) is 5.94. The van der Waals surface area contributed by atoms with E-state index in [9.17, 15) is 0 Å². The zero-order valence-corrected chi connectivity index (χ0v) is 9.84. The quantitative estimate of drug-likeness (QED) is 0.608. The number of hydrogen-bond acceptors (Lipinski definition) is 0. The van der Waals surface area contributed by atoms with Crippen LogP contribution in [0.25, 0.3) is 0 Å². The van der Waals surface area contributed by atoms with Crippen molar-refractivity contribution in [3.05, 3.63) is 35.4 Å². The van der Waals surface area contributed by atoms with Crippen LogP contribution >= 0.6 is 0 Å². The van der Waals surface area contributed by atoms with Crippen LogP contribution in [0.3, 0.4) is 0 Å². The van der Waals surface area contributed by atoms with Crippen LogP contribution in [0.2, 0.25) is 0 Å². The van der Waals surface area contributed by atoms with E-state index in [0.29, 0.717) is 0 Å². The minimum atomic E-state index is 1.20. The van der Waals surface area contributed by atoms with Crippen LogP contribution in [-0.4, -0.2) is 33.2 Å². The van der Waals surface area contributed by atoms with E-state index in [1.807, 2.05) is 0 Å². The molecule has 1 aliphatic rings. The molecule has 15 heavy (non-hydrogen) atoms. The predicted molar refractivity (Wildman–Crippen MR) is 62.2 cm³/mol. The number of benzene rings is 1. The van der Waals surface area contributed by atoms with Gasteiger partial charge in [0.2, 0.25) is 0 Å². The first kappa shape index (κ1) is 10.7. The molecule has 2 heteroatoms. The van der Waals surface area contributed by atoms with Crippen molar-refractivity contribution >= 4 is 0 Å². The maximum Gasteiger partial charge on any atom is 0.127 e. The summed E-state index contributed by atoms with van der Waals surface area (Å²) in [5, 5.41) is 0. The van der Waals surface area contributed by atoms with Gasteiger partial charge < -0.3 is 9.80 Å². The highest BCUT2D eigenvalue weighted by Crippen LogP contribution is 2.01. The summed E-state index contributed by atoms with van der Waals surface area (Å²) in [5.41, 5.74) is 2.87. The van der Waals surface area contributed by atoms with Gasteiger partial charge in [0.05, 0.1) is 7.05 Å². The lowest BCUT2D eigenvalue weighted by molar-refractivity contribution is -1.01. The van der Waals surface area contributed by atoms with Gasteiger partial charge in [-0.25, -0.2) is 0 Å². The largest absolute Gasteiger partial charge is 0.328 e. The monoisotopic (exact) mass is 206 g/mol. The molecule has 0 radical (unpaired) electrons. The molecule has 0 saturated carbocycles. The van der Waals surface area contributed by atoms with Gasteiger partial charge in [-0.15, -0.1) is 0 Å². The molecule has 2 rings (SSSR count). The number of aryl methyl sites for hydroxylation is 1. The molecule has 2 nitrogen and oxygen atoms in total. The second-order valence-electron chi connectivity index (χ2n) is 4.87. The van der Waals surface area contributed by atoms with Crippen LogP contribution in [0.5, 0.6) is 0 Å². The van der Waals surface area contributed by atoms with Crippen molar-refractivity contribution in [1.82, 2.24) is 0 Å². The minimum absolute atomic E-state index is 1.20. The second-order valence-corrected chi connectivity index (χ2v) is 4.87. The zero-order valence-electron chi connectivity index (χ0n) is 9.84. The van der Waals surface area contributed by atoms with Crippen LogP contribution in [0.4, 0.5) is 0 Å². The molecular formula is C13H22N2+2. The fourth-order valence-electron chi connectivity index (χ4n) is 2.32. The van der Waals surface area contributed by atoms with Crippen LogP contribution in [-0.2, 0) is 6.54 Å². The standard InChI is InChI=1S/C13H20N2/c1-12-4-3-5-13(10-12)11-15-8-6-14(2)7-9-15/h3-5,10H,6-9,11H2,1-2H3/p+2. The Bertz CT molecular complexity index is 314. The summed E-state index contributed by atoms with van der Waals surface area (Å²) >= 11 is 0. The maximum atomic E-state index is 2.32. The van der Waals surface area contributed by atoms with Gasteiger partial charge in [-0.3, -0.25) is 0 Å². The fourth-order valence-corrected chi connectivity index (χ4v) is 2.32. The third-order valence-electron chi connectivity index (χ3n) is 3.35. The number of nitrogens with one attached hydrogen (secondary N) is 2. The first-order chi connectivity index (χ1) is 7.24. The van der Waals surface area contributed by atoms with E-state index in [1.165, 1.54) is 43.9 Å². The Kier molecular flexibility index (Phi) is 3.39. The molecule has 1 aromatic rings. The average Bonchev–Trinajstić information content (AvgIpc) is 2.22. The van der Waals surface area contributed by atoms with Crippen LogP contribution in [0.1, 0.15) is 11.1 Å². The number of likely N-dealkylation sites (N-methyl/N-ethyl adjacent to an activating group) is 1. The van der Waals surface area contributed by atoms with Crippen LogP contribution in [0.15, 0.2) is 24.3 Å². The van der Waals surface area contributed by atoms with Gasteiger partial charge in [-0.2, -0.15) is 0 Å². The molecule has 1 fully saturated rings. The molecule has 0 unspecified atom stereocenters. The highest BCUT2D eigenvalue weighted by molar-refractivity contribution is 5.21. The third kappa shape index (κ3) is 3.05. The maximum absolute atomic E-state index is 2.32. The van der Waals surface area contributed by atoms with E-state index in [0.717, 1.165) is 0 Å². The molecule has 0 aliphatic carbocycles. The van der Waals surface area contributed by atoms with Gasteiger partial charge in [0, 0.05) is 5.56 Å². The van der Waals surface area contributed by atoms with E-state index >= 15 is 0 Å². The highest BCUT2D eigenvalue weighted by atomic mass is 15.2. The van der Waals surface area contributed by atoms with Crippen molar-refractivity contribution < 1.29 is 9.80 Å². The van der Waals surface area contributed by atoms with Gasteiger partial charge >= 0.3 is 0 Å². The average molecular weight is 206 g/mol. The van der Waals surface area contributed by atoms with Crippen molar-refractivity contribution in [3.8, 4) is 0 Å². The molecule has 1 heterocycles. The summed E-state index contributed by atoms with van der Waals surface area (Å²) in [4.78, 5) is 3.43. The molecule has 1 aromatic carbocycles. The summed E-state index contributed by atoms with van der Waals surface area (Å²) < 4.78 is 0. The smallest absolute Gasteiger partial charge is 0.127 e. The van der Waals surface area contributed by atoms with Crippen molar-refractivity contribution in [2.45, 2.75) is 13.5 Å². The van der Waals surface area contributed by atoms with Crippen LogP contribution < -0.4 is 9.80 Å². The number of piperazine rings is 1.